The van der Waals surface area contributed by atoms with Crippen LogP contribution < -0.4 is 0 Å². The molecule has 0 fully saturated rings. The van der Waals surface area contributed by atoms with Gasteiger partial charge in [-0.2, -0.15) is 0 Å². The van der Waals surface area contributed by atoms with Crippen molar-refractivity contribution in [3.05, 3.63) is 239 Å². The van der Waals surface area contributed by atoms with Crippen molar-refractivity contribution in [2.24, 2.45) is 0 Å². The third-order valence-electron chi connectivity index (χ3n) is 15.9. The molecule has 2 aliphatic rings. The van der Waals surface area contributed by atoms with E-state index in [9.17, 15) is 0 Å². The number of fused-ring (bicyclic) bond motifs is 15. The number of benzene rings is 10. The van der Waals surface area contributed by atoms with Crippen LogP contribution in [-0.2, 0) is 24.7 Å². The first kappa shape index (κ1) is 39.6. The molecule has 318 valence electrons. The Labute approximate surface area is 392 Å². The minimum absolute atomic E-state index is 0.143. The average molecular weight is 865 g/mol. The van der Waals surface area contributed by atoms with E-state index in [4.69, 9.17) is 0 Å². The van der Waals surface area contributed by atoms with Gasteiger partial charge in [0.25, 0.3) is 0 Å². The van der Waals surface area contributed by atoms with Crippen molar-refractivity contribution in [1.82, 2.24) is 0 Å². The maximum atomic E-state index is 2.62. The second kappa shape index (κ2) is 15.4. The van der Waals surface area contributed by atoms with Crippen LogP contribution in [0.4, 0.5) is 0 Å². The van der Waals surface area contributed by atoms with E-state index in [1.165, 1.54) is 119 Å². The highest BCUT2D eigenvalue weighted by Gasteiger charge is 2.38. The van der Waals surface area contributed by atoms with Crippen LogP contribution in [0.3, 0.4) is 0 Å². The number of hydrogen-bond donors (Lipinski definition) is 0. The third kappa shape index (κ3) is 6.16. The molecule has 10 aromatic carbocycles. The van der Waals surface area contributed by atoms with Gasteiger partial charge in [-0.25, -0.2) is 0 Å². The summed E-state index contributed by atoms with van der Waals surface area (Å²) >= 11 is 1.96. The van der Waals surface area contributed by atoms with Crippen molar-refractivity contribution in [1.29, 1.82) is 0 Å². The second-order valence-corrected chi connectivity index (χ2v) is 20.9. The van der Waals surface area contributed by atoms with Crippen LogP contribution in [-0.4, -0.2) is 0 Å². The highest BCUT2D eigenvalue weighted by atomic mass is 32.1. The van der Waals surface area contributed by atoms with Gasteiger partial charge in [-0.3, -0.25) is 0 Å². The minimum atomic E-state index is -0.143. The van der Waals surface area contributed by atoms with Gasteiger partial charge >= 0.3 is 0 Å². The summed E-state index contributed by atoms with van der Waals surface area (Å²) in [5.74, 6) is 1.05. The summed E-state index contributed by atoms with van der Waals surface area (Å²) in [5.41, 5.74) is 17.3. The molecule has 0 amide bonds. The molecule has 0 nitrogen and oxygen atoms in total. The van der Waals surface area contributed by atoms with Gasteiger partial charge in [0.15, 0.2) is 0 Å². The zero-order valence-electron chi connectivity index (χ0n) is 37.9. The summed E-state index contributed by atoms with van der Waals surface area (Å²) < 4.78 is 2.80. The minimum Gasteiger partial charge on any atom is -0.135 e. The average Bonchev–Trinajstić information content (AvgIpc) is 3.86. The predicted octanol–water partition coefficient (Wildman–Crippen LogP) is 17.9. The van der Waals surface area contributed by atoms with Gasteiger partial charge in [0, 0.05) is 25.6 Å². The molecule has 0 saturated carbocycles. The smallest absolute Gasteiger partial charge is 0.0390 e. The van der Waals surface area contributed by atoms with Crippen LogP contribution in [0.2, 0.25) is 0 Å². The Kier molecular flexibility index (Phi) is 9.23. The number of rotatable bonds is 8. The van der Waals surface area contributed by atoms with E-state index >= 15 is 0 Å². The normalized spacial score (nSPS) is 15.8. The van der Waals surface area contributed by atoms with Crippen molar-refractivity contribution in [2.45, 2.75) is 69.6 Å². The van der Waals surface area contributed by atoms with E-state index in [2.05, 4.69) is 215 Å². The van der Waals surface area contributed by atoms with Crippen molar-refractivity contribution < 1.29 is 0 Å². The fourth-order valence-electron chi connectivity index (χ4n) is 12.5. The zero-order chi connectivity index (χ0) is 44.1. The first-order valence-electron chi connectivity index (χ1n) is 24.1. The molecule has 0 radical (unpaired) electrons. The van der Waals surface area contributed by atoms with Crippen LogP contribution in [0.15, 0.2) is 194 Å². The lowest BCUT2D eigenvalue weighted by molar-refractivity contribution is 0.573. The Morgan fingerprint density at radius 2 is 1.21 bits per heavy atom. The summed E-state index contributed by atoms with van der Waals surface area (Å²) in [6.45, 7) is 7.44. The van der Waals surface area contributed by atoms with Gasteiger partial charge in [-0.05, 0) is 149 Å². The maximum absolute atomic E-state index is 2.62. The molecule has 1 aromatic heterocycles. The molecule has 0 N–H and O–H groups in total. The lowest BCUT2D eigenvalue weighted by Gasteiger charge is -2.31. The molecule has 3 unspecified atom stereocenters. The molecule has 0 saturated heterocycles. The van der Waals surface area contributed by atoms with Gasteiger partial charge in [-0.15, -0.1) is 11.3 Å². The highest BCUT2D eigenvalue weighted by Crippen LogP contribution is 2.54. The van der Waals surface area contributed by atoms with Crippen LogP contribution in [0, 0.1) is 0 Å². The predicted molar refractivity (Wildman–Crippen MR) is 284 cm³/mol. The molecule has 66 heavy (non-hydrogen) atoms. The first-order valence-corrected chi connectivity index (χ1v) is 24.9. The fourth-order valence-corrected chi connectivity index (χ4v) is 13.8. The SMILES string of the molecule is CC(c1ccc2c(c1)C(C)(C)c1cc(CCC3Cc4ccc5ccccc5c4-c4c3ccc3ccccc43)c3ccccc3c1-2)C(Cc1ccccc1)c1cccc2c1sc1ccccc12. The number of aryl methyl sites for hydroxylation is 1. The number of hydrogen-bond acceptors (Lipinski definition) is 1. The quantitative estimate of drug-likeness (QED) is 0.143. The molecular formula is C65H52S. The molecule has 1 heteroatoms. The molecular weight excluding hydrogens is 813 g/mol. The zero-order valence-corrected chi connectivity index (χ0v) is 38.8. The van der Waals surface area contributed by atoms with Gasteiger partial charge < -0.3 is 0 Å². The molecule has 3 atom stereocenters. The Bertz CT molecular complexity index is 3710. The summed E-state index contributed by atoms with van der Waals surface area (Å²) in [6.07, 6.45) is 4.19. The molecule has 2 aliphatic carbocycles. The van der Waals surface area contributed by atoms with Gasteiger partial charge in [0.1, 0.15) is 0 Å². The number of thiophene rings is 1. The highest BCUT2D eigenvalue weighted by molar-refractivity contribution is 7.26. The summed E-state index contributed by atoms with van der Waals surface area (Å²) in [5, 5.41) is 10.9. The lowest BCUT2D eigenvalue weighted by Crippen LogP contribution is -2.17. The lowest BCUT2D eigenvalue weighted by atomic mass is 9.73. The molecule has 1 heterocycles. The van der Waals surface area contributed by atoms with E-state index in [0.717, 1.165) is 25.7 Å². The van der Waals surface area contributed by atoms with E-state index < -0.39 is 0 Å². The van der Waals surface area contributed by atoms with Crippen LogP contribution in [0.5, 0.6) is 0 Å². The van der Waals surface area contributed by atoms with Crippen molar-refractivity contribution in [3.63, 3.8) is 0 Å². The third-order valence-corrected chi connectivity index (χ3v) is 17.2. The Morgan fingerprint density at radius 1 is 0.545 bits per heavy atom. The second-order valence-electron chi connectivity index (χ2n) is 19.9. The van der Waals surface area contributed by atoms with Gasteiger partial charge in [0.05, 0.1) is 0 Å². The summed E-state index contributed by atoms with van der Waals surface area (Å²) in [6, 6.07) is 74.1. The van der Waals surface area contributed by atoms with E-state index in [1.807, 2.05) is 11.3 Å². The molecule has 11 aromatic rings. The van der Waals surface area contributed by atoms with Crippen LogP contribution in [0.1, 0.15) is 89.5 Å². The van der Waals surface area contributed by atoms with E-state index in [-0.39, 0.29) is 5.41 Å². The van der Waals surface area contributed by atoms with Crippen molar-refractivity contribution in [3.8, 4) is 22.3 Å². The van der Waals surface area contributed by atoms with Crippen molar-refractivity contribution >= 4 is 63.8 Å². The summed E-state index contributed by atoms with van der Waals surface area (Å²) in [7, 11) is 0. The molecule has 13 rings (SSSR count). The maximum Gasteiger partial charge on any atom is 0.0390 e. The van der Waals surface area contributed by atoms with Crippen LogP contribution in [0.25, 0.3) is 74.7 Å². The monoisotopic (exact) mass is 864 g/mol. The topological polar surface area (TPSA) is 0 Å². The van der Waals surface area contributed by atoms with Crippen LogP contribution >= 0.6 is 11.3 Å². The largest absolute Gasteiger partial charge is 0.135 e. The molecule has 0 bridgehead atoms. The Morgan fingerprint density at radius 3 is 2.02 bits per heavy atom. The van der Waals surface area contributed by atoms with Crippen molar-refractivity contribution in [2.75, 3.05) is 0 Å². The molecule has 0 aliphatic heterocycles. The van der Waals surface area contributed by atoms with Gasteiger partial charge in [0.2, 0.25) is 0 Å². The Hall–Kier alpha value is -6.80. The Balaban J connectivity index is 0.877. The standard InChI is InChI=1S/C65H52S/c1-40(57(36-41-16-5-4-6-17-41)55-26-15-25-54-52-23-13-14-27-60(52)66-64(54)55)44-33-35-56-58(38-44)65(2,3)59-39-46(48-20-11-12-24-53(48)62(56)59)30-29-45-37-47-31-28-42-18-7-9-21-49(42)61(47)63-50-22-10-8-19-43(50)32-34-51(45)63/h4-28,31-35,38-40,45,57H,29-30,36-37H2,1-3H3. The first-order chi connectivity index (χ1) is 32.4. The van der Waals surface area contributed by atoms with E-state index in [1.54, 1.807) is 0 Å². The van der Waals surface area contributed by atoms with E-state index in [0.29, 0.717) is 17.8 Å². The fraction of sp³-hybridized carbons (Fsp3) is 0.169. The summed E-state index contributed by atoms with van der Waals surface area (Å²) in [4.78, 5) is 0. The molecule has 0 spiro atoms. The van der Waals surface area contributed by atoms with Gasteiger partial charge in [-0.1, -0.05) is 209 Å².